The zero-order valence-electron chi connectivity index (χ0n) is 10.9. The van der Waals surface area contributed by atoms with Crippen LogP contribution in [0.3, 0.4) is 0 Å². The largest absolute Gasteiger partial charge is 0.491 e. The van der Waals surface area contributed by atoms with Gasteiger partial charge in [-0.3, -0.25) is 0 Å². The minimum absolute atomic E-state index is 0.533. The second kappa shape index (κ2) is 7.07. The fraction of sp³-hybridized carbons (Fsp3) is 0.200. The molecule has 106 valence electrons. The Bertz CT molecular complexity index is 602. The van der Waals surface area contributed by atoms with Crippen LogP contribution in [0.4, 0.5) is 5.69 Å². The molecular formula is C15H14Cl3NO. The first kappa shape index (κ1) is 15.3. The summed E-state index contributed by atoms with van der Waals surface area (Å²) < 4.78 is 5.69. The van der Waals surface area contributed by atoms with Crippen molar-refractivity contribution in [2.24, 2.45) is 0 Å². The van der Waals surface area contributed by atoms with Gasteiger partial charge < -0.3 is 10.1 Å². The van der Waals surface area contributed by atoms with E-state index in [9.17, 15) is 0 Å². The van der Waals surface area contributed by atoms with E-state index in [1.54, 1.807) is 12.1 Å². The van der Waals surface area contributed by atoms with E-state index in [-0.39, 0.29) is 0 Å². The molecule has 0 bridgehead atoms. The first-order valence-corrected chi connectivity index (χ1v) is 7.27. The number of hydrogen-bond donors (Lipinski definition) is 1. The monoisotopic (exact) mass is 329 g/mol. The van der Waals surface area contributed by atoms with Gasteiger partial charge in [0.2, 0.25) is 0 Å². The van der Waals surface area contributed by atoms with Crippen LogP contribution in [0.5, 0.6) is 5.75 Å². The molecule has 2 aromatic carbocycles. The predicted octanol–water partition coefficient (Wildman–Crippen LogP) is 5.45. The number of halogens is 3. The molecule has 0 heterocycles. The molecule has 0 aliphatic carbocycles. The summed E-state index contributed by atoms with van der Waals surface area (Å²) in [6, 6.07) is 11.0. The molecule has 20 heavy (non-hydrogen) atoms. The Morgan fingerprint density at radius 3 is 2.50 bits per heavy atom. The van der Waals surface area contributed by atoms with E-state index < -0.39 is 0 Å². The number of benzene rings is 2. The molecule has 2 rings (SSSR count). The van der Waals surface area contributed by atoms with Crippen LogP contribution in [0.2, 0.25) is 15.1 Å². The molecule has 0 amide bonds. The Morgan fingerprint density at radius 2 is 1.80 bits per heavy atom. The number of hydrogen-bond acceptors (Lipinski definition) is 2. The minimum atomic E-state index is 0.533. The fourth-order valence-electron chi connectivity index (χ4n) is 1.74. The predicted molar refractivity (Wildman–Crippen MR) is 86.6 cm³/mol. The number of ether oxygens (including phenoxy) is 1. The van der Waals surface area contributed by atoms with Gasteiger partial charge in [-0.05, 0) is 48.9 Å². The van der Waals surface area contributed by atoms with Crippen LogP contribution < -0.4 is 10.1 Å². The van der Waals surface area contributed by atoms with Crippen molar-refractivity contribution in [3.05, 3.63) is 57.0 Å². The lowest BCUT2D eigenvalue weighted by molar-refractivity contribution is 0.330. The average Bonchev–Trinajstić information content (AvgIpc) is 2.40. The molecule has 0 radical (unpaired) electrons. The third-order valence-electron chi connectivity index (χ3n) is 2.75. The molecule has 0 saturated carbocycles. The quantitative estimate of drug-likeness (QED) is 0.736. The number of rotatable bonds is 5. The summed E-state index contributed by atoms with van der Waals surface area (Å²) in [5, 5.41) is 5.01. The summed E-state index contributed by atoms with van der Waals surface area (Å²) in [5.41, 5.74) is 1.93. The standard InChI is InChI=1S/C15H14Cl3NO/c1-10-8-11(16)2-5-15(10)20-7-6-19-12-3-4-13(17)14(18)9-12/h2-5,8-9,19H,6-7H2,1H3. The average molecular weight is 331 g/mol. The summed E-state index contributed by atoms with van der Waals surface area (Å²) in [6.07, 6.45) is 0. The zero-order chi connectivity index (χ0) is 14.5. The van der Waals surface area contributed by atoms with Gasteiger partial charge >= 0.3 is 0 Å². The van der Waals surface area contributed by atoms with Gasteiger partial charge in [0, 0.05) is 17.3 Å². The number of anilines is 1. The van der Waals surface area contributed by atoms with E-state index in [1.165, 1.54) is 0 Å². The highest BCUT2D eigenvalue weighted by molar-refractivity contribution is 6.42. The summed E-state index contributed by atoms with van der Waals surface area (Å²) >= 11 is 17.7. The molecule has 0 spiro atoms. The second-order valence-corrected chi connectivity index (χ2v) is 5.56. The Kier molecular flexibility index (Phi) is 5.41. The molecule has 0 fully saturated rings. The van der Waals surface area contributed by atoms with Crippen molar-refractivity contribution in [3.63, 3.8) is 0 Å². The van der Waals surface area contributed by atoms with Crippen molar-refractivity contribution in [2.75, 3.05) is 18.5 Å². The highest BCUT2D eigenvalue weighted by atomic mass is 35.5. The molecule has 0 aliphatic rings. The maximum absolute atomic E-state index is 5.94. The molecule has 0 atom stereocenters. The summed E-state index contributed by atoms with van der Waals surface area (Å²) in [5.74, 6) is 0.838. The molecule has 0 aliphatic heterocycles. The van der Waals surface area contributed by atoms with Crippen LogP contribution in [0.15, 0.2) is 36.4 Å². The lowest BCUT2D eigenvalue weighted by Crippen LogP contribution is -2.11. The van der Waals surface area contributed by atoms with E-state index >= 15 is 0 Å². The van der Waals surface area contributed by atoms with Crippen LogP contribution >= 0.6 is 34.8 Å². The zero-order valence-corrected chi connectivity index (χ0v) is 13.2. The summed E-state index contributed by atoms with van der Waals surface area (Å²) in [6.45, 7) is 3.18. The normalized spacial score (nSPS) is 10.4. The van der Waals surface area contributed by atoms with E-state index in [4.69, 9.17) is 39.5 Å². The van der Waals surface area contributed by atoms with E-state index in [2.05, 4.69) is 5.32 Å². The molecule has 1 N–H and O–H groups in total. The Labute approximate surface area is 133 Å². The maximum Gasteiger partial charge on any atom is 0.122 e. The van der Waals surface area contributed by atoms with Crippen molar-refractivity contribution in [2.45, 2.75) is 6.92 Å². The van der Waals surface area contributed by atoms with Crippen molar-refractivity contribution < 1.29 is 4.74 Å². The Morgan fingerprint density at radius 1 is 1.00 bits per heavy atom. The van der Waals surface area contributed by atoms with Gasteiger partial charge in [-0.25, -0.2) is 0 Å². The Hall–Kier alpha value is -1.09. The Balaban J connectivity index is 1.82. The van der Waals surface area contributed by atoms with E-state index in [0.717, 1.165) is 17.0 Å². The maximum atomic E-state index is 5.94. The lowest BCUT2D eigenvalue weighted by atomic mass is 10.2. The highest BCUT2D eigenvalue weighted by Gasteiger charge is 2.01. The van der Waals surface area contributed by atoms with Crippen LogP contribution in [0.1, 0.15) is 5.56 Å². The second-order valence-electron chi connectivity index (χ2n) is 4.31. The molecule has 0 aromatic heterocycles. The SMILES string of the molecule is Cc1cc(Cl)ccc1OCCNc1ccc(Cl)c(Cl)c1. The molecule has 2 nitrogen and oxygen atoms in total. The van der Waals surface area contributed by atoms with Gasteiger partial charge in [0.25, 0.3) is 0 Å². The fourth-order valence-corrected chi connectivity index (χ4v) is 2.26. The molecular weight excluding hydrogens is 317 g/mol. The summed E-state index contributed by atoms with van der Waals surface area (Å²) in [7, 11) is 0. The first-order chi connectivity index (χ1) is 9.56. The molecule has 0 unspecified atom stereocenters. The van der Waals surface area contributed by atoms with Crippen molar-refractivity contribution >= 4 is 40.5 Å². The smallest absolute Gasteiger partial charge is 0.122 e. The first-order valence-electron chi connectivity index (χ1n) is 6.14. The third-order valence-corrected chi connectivity index (χ3v) is 3.72. The van der Waals surface area contributed by atoms with Gasteiger partial charge in [0.1, 0.15) is 12.4 Å². The molecule has 2 aromatic rings. The topological polar surface area (TPSA) is 21.3 Å². The molecule has 5 heteroatoms. The number of aryl methyl sites for hydroxylation is 1. The highest BCUT2D eigenvalue weighted by Crippen LogP contribution is 2.25. The van der Waals surface area contributed by atoms with Gasteiger partial charge in [-0.2, -0.15) is 0 Å². The summed E-state index contributed by atoms with van der Waals surface area (Å²) in [4.78, 5) is 0. The van der Waals surface area contributed by atoms with Gasteiger partial charge in [0.05, 0.1) is 10.0 Å². The van der Waals surface area contributed by atoms with E-state index in [1.807, 2.05) is 31.2 Å². The lowest BCUT2D eigenvalue weighted by Gasteiger charge is -2.11. The minimum Gasteiger partial charge on any atom is -0.491 e. The third kappa shape index (κ3) is 4.20. The van der Waals surface area contributed by atoms with E-state index in [0.29, 0.717) is 28.2 Å². The van der Waals surface area contributed by atoms with Gasteiger partial charge in [-0.1, -0.05) is 34.8 Å². The van der Waals surface area contributed by atoms with Crippen molar-refractivity contribution in [1.29, 1.82) is 0 Å². The van der Waals surface area contributed by atoms with Crippen molar-refractivity contribution in [3.8, 4) is 5.75 Å². The number of nitrogens with one attached hydrogen (secondary N) is 1. The van der Waals surface area contributed by atoms with Gasteiger partial charge in [-0.15, -0.1) is 0 Å². The van der Waals surface area contributed by atoms with Crippen LogP contribution in [-0.2, 0) is 0 Å². The van der Waals surface area contributed by atoms with Crippen molar-refractivity contribution in [1.82, 2.24) is 0 Å². The van der Waals surface area contributed by atoms with Crippen LogP contribution in [-0.4, -0.2) is 13.2 Å². The van der Waals surface area contributed by atoms with Gasteiger partial charge in [0.15, 0.2) is 0 Å². The van der Waals surface area contributed by atoms with Crippen LogP contribution in [0.25, 0.3) is 0 Å². The molecule has 0 saturated heterocycles. The van der Waals surface area contributed by atoms with Crippen LogP contribution in [0, 0.1) is 6.92 Å².